The van der Waals surface area contributed by atoms with Crippen LogP contribution < -0.4 is 4.90 Å². The highest BCUT2D eigenvalue weighted by molar-refractivity contribution is 9.10. The quantitative estimate of drug-likeness (QED) is 0.815. The Balaban J connectivity index is 1.68. The first-order valence-electron chi connectivity index (χ1n) is 7.00. The molecule has 1 amide bonds. The highest BCUT2D eigenvalue weighted by atomic mass is 79.9. The maximum absolute atomic E-state index is 12.1. The molecule has 3 rings (SSSR count). The molecule has 2 heterocycles. The lowest BCUT2D eigenvalue weighted by molar-refractivity contribution is -0.132. The topological polar surface area (TPSA) is 36.4 Å². The van der Waals surface area contributed by atoms with E-state index in [1.165, 1.54) is 0 Å². The smallest absolute Gasteiger partial charge is 0.225 e. The van der Waals surface area contributed by atoms with Gasteiger partial charge in [0, 0.05) is 42.8 Å². The van der Waals surface area contributed by atoms with Crippen LogP contribution in [0.25, 0.3) is 0 Å². The first-order valence-corrected chi connectivity index (χ1v) is 8.17. The molecule has 2 aliphatic rings. The lowest BCUT2D eigenvalue weighted by atomic mass is 10.3. The maximum Gasteiger partial charge on any atom is 0.225 e. The third-order valence-electron chi connectivity index (χ3n) is 3.82. The molecule has 0 atom stereocenters. The van der Waals surface area contributed by atoms with Crippen molar-refractivity contribution < 1.29 is 4.79 Å². The lowest BCUT2D eigenvalue weighted by Crippen LogP contribution is -2.36. The van der Waals surface area contributed by atoms with Crippen molar-refractivity contribution in [1.29, 1.82) is 0 Å². The van der Waals surface area contributed by atoms with Crippen molar-refractivity contribution >= 4 is 39.3 Å². The van der Waals surface area contributed by atoms with Crippen LogP contribution in [0.4, 0.5) is 5.82 Å². The van der Waals surface area contributed by atoms with Crippen molar-refractivity contribution in [1.82, 2.24) is 9.88 Å². The molecule has 0 aromatic carbocycles. The first kappa shape index (κ1) is 14.1. The van der Waals surface area contributed by atoms with Crippen LogP contribution in [0.5, 0.6) is 0 Å². The standard InChI is InChI=1S/C14H17BrClN3O/c15-11-8-12(16)13(17-9-11)18-4-1-5-19(7-6-18)14(20)10-2-3-10/h8-10H,1-7H2. The maximum atomic E-state index is 12.1. The van der Waals surface area contributed by atoms with Gasteiger partial charge in [0.05, 0.1) is 5.02 Å². The molecule has 1 aromatic rings. The van der Waals surface area contributed by atoms with E-state index in [1.807, 2.05) is 11.0 Å². The number of carbonyl (C=O) groups excluding carboxylic acids is 1. The van der Waals surface area contributed by atoms with E-state index in [0.29, 0.717) is 16.8 Å². The fraction of sp³-hybridized carbons (Fsp3) is 0.571. The largest absolute Gasteiger partial charge is 0.354 e. The molecule has 1 aliphatic heterocycles. The lowest BCUT2D eigenvalue weighted by Gasteiger charge is -2.23. The van der Waals surface area contributed by atoms with Gasteiger partial charge in [-0.15, -0.1) is 0 Å². The second kappa shape index (κ2) is 5.90. The second-order valence-electron chi connectivity index (χ2n) is 5.40. The molecule has 20 heavy (non-hydrogen) atoms. The summed E-state index contributed by atoms with van der Waals surface area (Å²) in [6, 6.07) is 1.86. The molecule has 1 saturated carbocycles. The van der Waals surface area contributed by atoms with Gasteiger partial charge in [-0.05, 0) is 41.3 Å². The van der Waals surface area contributed by atoms with Crippen LogP contribution in [-0.4, -0.2) is 42.0 Å². The van der Waals surface area contributed by atoms with Crippen LogP contribution in [0.15, 0.2) is 16.7 Å². The minimum absolute atomic E-state index is 0.302. The Bertz CT molecular complexity index is 521. The zero-order valence-electron chi connectivity index (χ0n) is 11.2. The number of anilines is 1. The van der Waals surface area contributed by atoms with Gasteiger partial charge in [0.25, 0.3) is 0 Å². The minimum atomic E-state index is 0.302. The Morgan fingerprint density at radius 2 is 2.10 bits per heavy atom. The van der Waals surface area contributed by atoms with Crippen LogP contribution in [0, 0.1) is 5.92 Å². The van der Waals surface area contributed by atoms with E-state index in [-0.39, 0.29) is 0 Å². The zero-order chi connectivity index (χ0) is 14.1. The van der Waals surface area contributed by atoms with Gasteiger partial charge < -0.3 is 9.80 Å². The highest BCUT2D eigenvalue weighted by Crippen LogP contribution is 2.32. The van der Waals surface area contributed by atoms with Gasteiger partial charge >= 0.3 is 0 Å². The van der Waals surface area contributed by atoms with E-state index in [4.69, 9.17) is 11.6 Å². The Hall–Kier alpha value is -0.810. The molecule has 0 spiro atoms. The molecular weight excluding hydrogens is 342 g/mol. The summed E-state index contributed by atoms with van der Waals surface area (Å²) < 4.78 is 0.881. The van der Waals surface area contributed by atoms with Gasteiger partial charge in [-0.1, -0.05) is 11.6 Å². The summed E-state index contributed by atoms with van der Waals surface area (Å²) in [6.45, 7) is 3.30. The summed E-state index contributed by atoms with van der Waals surface area (Å²) >= 11 is 9.63. The Labute approximate surface area is 132 Å². The summed E-state index contributed by atoms with van der Waals surface area (Å²) in [5.74, 6) is 1.45. The van der Waals surface area contributed by atoms with Crippen LogP contribution in [0.3, 0.4) is 0 Å². The van der Waals surface area contributed by atoms with E-state index in [9.17, 15) is 4.79 Å². The molecule has 0 bridgehead atoms. The molecule has 108 valence electrons. The van der Waals surface area contributed by atoms with Crippen LogP contribution >= 0.6 is 27.5 Å². The van der Waals surface area contributed by atoms with E-state index in [0.717, 1.165) is 55.7 Å². The third-order valence-corrected chi connectivity index (χ3v) is 4.53. The fourth-order valence-electron chi connectivity index (χ4n) is 2.58. The molecule has 1 aliphatic carbocycles. The van der Waals surface area contributed by atoms with Crippen molar-refractivity contribution in [3.05, 3.63) is 21.8 Å². The monoisotopic (exact) mass is 357 g/mol. The van der Waals surface area contributed by atoms with Gasteiger partial charge in [-0.25, -0.2) is 4.98 Å². The van der Waals surface area contributed by atoms with Gasteiger partial charge in [0.2, 0.25) is 5.91 Å². The summed E-state index contributed by atoms with van der Waals surface area (Å²) in [4.78, 5) is 20.7. The molecule has 1 saturated heterocycles. The Morgan fingerprint density at radius 1 is 1.30 bits per heavy atom. The molecule has 0 unspecified atom stereocenters. The SMILES string of the molecule is O=C(C1CC1)N1CCCN(c2ncc(Br)cc2Cl)CC1. The molecular formula is C14H17BrClN3O. The highest BCUT2D eigenvalue weighted by Gasteiger charge is 2.34. The van der Waals surface area contributed by atoms with Crippen molar-refractivity contribution in [3.63, 3.8) is 0 Å². The summed E-state index contributed by atoms with van der Waals surface area (Å²) in [5.41, 5.74) is 0. The molecule has 0 N–H and O–H groups in total. The second-order valence-corrected chi connectivity index (χ2v) is 6.72. The molecule has 2 fully saturated rings. The van der Waals surface area contributed by atoms with E-state index in [2.05, 4.69) is 25.8 Å². The molecule has 1 aromatic heterocycles. The molecule has 0 radical (unpaired) electrons. The average molecular weight is 359 g/mol. The predicted molar refractivity (Wildman–Crippen MR) is 83.1 cm³/mol. The minimum Gasteiger partial charge on any atom is -0.354 e. The van der Waals surface area contributed by atoms with E-state index >= 15 is 0 Å². The number of aromatic nitrogens is 1. The van der Waals surface area contributed by atoms with Crippen molar-refractivity contribution in [2.75, 3.05) is 31.1 Å². The fourth-order valence-corrected chi connectivity index (χ4v) is 3.33. The summed E-state index contributed by atoms with van der Waals surface area (Å²) in [6.07, 6.45) is 4.87. The number of nitrogens with zero attached hydrogens (tertiary/aromatic N) is 3. The number of hydrogen-bond donors (Lipinski definition) is 0. The van der Waals surface area contributed by atoms with E-state index < -0.39 is 0 Å². The van der Waals surface area contributed by atoms with Gasteiger partial charge in [-0.3, -0.25) is 4.79 Å². The normalized spacial score (nSPS) is 19.9. The zero-order valence-corrected chi connectivity index (χ0v) is 13.5. The van der Waals surface area contributed by atoms with Crippen LogP contribution in [0.2, 0.25) is 5.02 Å². The Kier molecular flexibility index (Phi) is 4.17. The molecule has 6 heteroatoms. The number of hydrogen-bond acceptors (Lipinski definition) is 3. The number of halogens is 2. The van der Waals surface area contributed by atoms with Crippen LogP contribution in [-0.2, 0) is 4.79 Å². The summed E-state index contributed by atoms with van der Waals surface area (Å²) in [7, 11) is 0. The van der Waals surface area contributed by atoms with Gasteiger partial charge in [0.15, 0.2) is 0 Å². The summed E-state index contributed by atoms with van der Waals surface area (Å²) in [5, 5.41) is 0.654. The van der Waals surface area contributed by atoms with Crippen molar-refractivity contribution in [2.45, 2.75) is 19.3 Å². The van der Waals surface area contributed by atoms with E-state index in [1.54, 1.807) is 6.20 Å². The van der Waals surface area contributed by atoms with Crippen LogP contribution in [0.1, 0.15) is 19.3 Å². The van der Waals surface area contributed by atoms with Crippen molar-refractivity contribution in [3.8, 4) is 0 Å². The Morgan fingerprint density at radius 3 is 2.80 bits per heavy atom. The average Bonchev–Trinajstić information content (AvgIpc) is 3.25. The predicted octanol–water partition coefficient (Wildman–Crippen LogP) is 2.95. The number of pyridine rings is 1. The van der Waals surface area contributed by atoms with Crippen molar-refractivity contribution in [2.24, 2.45) is 5.92 Å². The molecule has 4 nitrogen and oxygen atoms in total. The number of carbonyl (C=O) groups is 1. The number of amides is 1. The third kappa shape index (κ3) is 3.09. The van der Waals surface area contributed by atoms with Gasteiger partial charge in [0.1, 0.15) is 5.82 Å². The number of rotatable bonds is 2. The van der Waals surface area contributed by atoms with Gasteiger partial charge in [-0.2, -0.15) is 0 Å². The first-order chi connectivity index (χ1) is 9.65.